The summed E-state index contributed by atoms with van der Waals surface area (Å²) in [6.45, 7) is 12.4. The number of likely N-dealkylation sites (tertiary alicyclic amines) is 1. The Hall–Kier alpha value is -1.65. The first-order valence-corrected chi connectivity index (χ1v) is 14.0. The number of piperidine rings is 3. The van der Waals surface area contributed by atoms with Crippen LogP contribution < -0.4 is 5.32 Å². The van der Waals surface area contributed by atoms with Crippen LogP contribution >= 0.6 is 0 Å². The molecule has 0 unspecified atom stereocenters. The Bertz CT molecular complexity index is 883. The minimum atomic E-state index is 0.0558. The van der Waals surface area contributed by atoms with Crippen LogP contribution in [0.5, 0.6) is 0 Å². The van der Waals surface area contributed by atoms with E-state index in [0.717, 1.165) is 42.8 Å². The smallest absolute Gasteiger partial charge is 0.251 e. The highest BCUT2D eigenvalue weighted by molar-refractivity contribution is 5.94. The Kier molecular flexibility index (Phi) is 7.18. The molecule has 4 atom stereocenters. The predicted octanol–water partition coefficient (Wildman–Crippen LogP) is 5.39. The third kappa shape index (κ3) is 5.14. The van der Waals surface area contributed by atoms with Gasteiger partial charge in [0.1, 0.15) is 0 Å². The molecule has 3 fully saturated rings. The molecule has 0 aromatic heterocycles. The molecule has 3 aliphatic heterocycles. The van der Waals surface area contributed by atoms with Gasteiger partial charge in [0.25, 0.3) is 5.91 Å². The SMILES string of the molecule is CC(C)(C)c1ccc(C(=O)NCCCCN2CCCC3=C[C@H]4C[C@H](CN5CCCC[C@H]45)[C@@H]32)cc1. The van der Waals surface area contributed by atoms with Crippen molar-refractivity contribution in [3.05, 3.63) is 47.0 Å². The monoisotopic (exact) mass is 463 g/mol. The third-order valence-electron chi connectivity index (χ3n) is 8.93. The molecule has 1 amide bonds. The van der Waals surface area contributed by atoms with Gasteiger partial charge in [0.2, 0.25) is 0 Å². The normalized spacial score (nSPS) is 29.7. The lowest BCUT2D eigenvalue weighted by atomic mass is 9.68. The van der Waals surface area contributed by atoms with Gasteiger partial charge in [-0.1, -0.05) is 51.0 Å². The Morgan fingerprint density at radius 3 is 2.68 bits per heavy atom. The van der Waals surface area contributed by atoms with Gasteiger partial charge < -0.3 is 5.32 Å². The number of hydrogen-bond donors (Lipinski definition) is 1. The van der Waals surface area contributed by atoms with Gasteiger partial charge in [-0.25, -0.2) is 0 Å². The fourth-order valence-corrected chi connectivity index (χ4v) is 7.20. The number of nitrogens with zero attached hydrogens (tertiary/aromatic N) is 2. The van der Waals surface area contributed by atoms with E-state index in [1.807, 2.05) is 12.1 Å². The van der Waals surface area contributed by atoms with Crippen LogP contribution in [0, 0.1) is 11.8 Å². The van der Waals surface area contributed by atoms with E-state index in [-0.39, 0.29) is 11.3 Å². The van der Waals surface area contributed by atoms with E-state index in [4.69, 9.17) is 0 Å². The number of unbranched alkanes of at least 4 members (excludes halogenated alkanes) is 1. The quantitative estimate of drug-likeness (QED) is 0.454. The van der Waals surface area contributed by atoms with Crippen LogP contribution in [0.1, 0.15) is 88.1 Å². The summed E-state index contributed by atoms with van der Waals surface area (Å²) in [5.74, 6) is 1.70. The van der Waals surface area contributed by atoms with Crippen LogP contribution in [-0.4, -0.2) is 60.5 Å². The van der Waals surface area contributed by atoms with Crippen LogP contribution in [0.2, 0.25) is 0 Å². The highest BCUT2D eigenvalue weighted by Gasteiger charge is 2.45. The molecule has 3 saturated heterocycles. The summed E-state index contributed by atoms with van der Waals surface area (Å²) in [7, 11) is 0. The van der Waals surface area contributed by atoms with Crippen molar-refractivity contribution in [3.8, 4) is 0 Å². The highest BCUT2D eigenvalue weighted by Crippen LogP contribution is 2.45. The Balaban J connectivity index is 1.10. The van der Waals surface area contributed by atoms with Gasteiger partial charge in [0.05, 0.1) is 0 Å². The van der Waals surface area contributed by atoms with Crippen molar-refractivity contribution in [3.63, 3.8) is 0 Å². The summed E-state index contributed by atoms with van der Waals surface area (Å²) in [6, 6.07) is 9.62. The zero-order valence-electron chi connectivity index (χ0n) is 21.7. The molecule has 1 aromatic carbocycles. The predicted molar refractivity (Wildman–Crippen MR) is 140 cm³/mol. The van der Waals surface area contributed by atoms with Crippen LogP contribution in [0.4, 0.5) is 0 Å². The third-order valence-corrected chi connectivity index (χ3v) is 8.93. The van der Waals surface area contributed by atoms with Gasteiger partial charge in [0, 0.05) is 30.7 Å². The molecule has 5 rings (SSSR count). The number of fused-ring (bicyclic) bond motifs is 6. The molecule has 4 aliphatic rings. The van der Waals surface area contributed by atoms with E-state index >= 15 is 0 Å². The number of hydrogen-bond acceptors (Lipinski definition) is 3. The van der Waals surface area contributed by atoms with E-state index in [1.54, 1.807) is 5.57 Å². The van der Waals surface area contributed by atoms with Crippen LogP contribution in [0.25, 0.3) is 0 Å². The molecule has 4 heteroatoms. The van der Waals surface area contributed by atoms with Crippen molar-refractivity contribution in [1.29, 1.82) is 0 Å². The maximum atomic E-state index is 12.6. The minimum Gasteiger partial charge on any atom is -0.352 e. The van der Waals surface area contributed by atoms with Crippen molar-refractivity contribution in [1.82, 2.24) is 15.1 Å². The van der Waals surface area contributed by atoms with Gasteiger partial charge in [-0.05, 0) is 99.5 Å². The van der Waals surface area contributed by atoms with Crippen molar-refractivity contribution >= 4 is 5.91 Å². The molecular formula is C30H45N3O. The lowest BCUT2D eigenvalue weighted by Crippen LogP contribution is -2.59. The fourth-order valence-electron chi connectivity index (χ4n) is 7.20. The summed E-state index contributed by atoms with van der Waals surface area (Å²) in [4.78, 5) is 18.2. The van der Waals surface area contributed by atoms with Crippen LogP contribution in [0.3, 0.4) is 0 Å². The maximum absolute atomic E-state index is 12.6. The second-order valence-electron chi connectivity index (χ2n) is 12.3. The zero-order chi connectivity index (χ0) is 23.7. The first-order valence-electron chi connectivity index (χ1n) is 14.0. The summed E-state index contributed by atoms with van der Waals surface area (Å²) in [5, 5.41) is 3.14. The molecule has 34 heavy (non-hydrogen) atoms. The fraction of sp³-hybridized carbons (Fsp3) is 0.700. The number of amides is 1. The van der Waals surface area contributed by atoms with E-state index < -0.39 is 0 Å². The number of benzene rings is 1. The van der Waals surface area contributed by atoms with Gasteiger partial charge in [0.15, 0.2) is 0 Å². The first-order chi connectivity index (χ1) is 16.4. The van der Waals surface area contributed by atoms with Crippen molar-refractivity contribution < 1.29 is 4.79 Å². The standard InChI is InChI=1S/C30H45N3O/c1-30(2,3)26-13-11-22(12-14-26)29(34)31-15-5-7-16-32-18-8-9-23-19-24-20-25(28(23)32)21-33-17-6-4-10-27(24)33/h11-14,19,24-25,27-28H,4-10,15-18,20-21H2,1-3H3,(H,31,34)/t24-,25+,27+,28+/m0/s1. The van der Waals surface area contributed by atoms with Gasteiger partial charge in [-0.2, -0.15) is 0 Å². The highest BCUT2D eigenvalue weighted by atomic mass is 16.1. The molecule has 0 saturated carbocycles. The van der Waals surface area contributed by atoms with E-state index in [0.29, 0.717) is 6.04 Å². The van der Waals surface area contributed by atoms with Gasteiger partial charge in [-0.3, -0.25) is 14.6 Å². The summed E-state index contributed by atoms with van der Waals surface area (Å²) >= 11 is 0. The van der Waals surface area contributed by atoms with Crippen molar-refractivity contribution in [2.24, 2.45) is 11.8 Å². The molecule has 0 radical (unpaired) electrons. The molecule has 1 aliphatic carbocycles. The first kappa shape index (κ1) is 24.1. The lowest BCUT2D eigenvalue weighted by molar-refractivity contribution is -0.000934. The Labute approximate surface area is 207 Å². The average molecular weight is 464 g/mol. The number of carbonyl (C=O) groups is 1. The molecule has 3 heterocycles. The number of nitrogens with one attached hydrogen (secondary N) is 1. The molecular weight excluding hydrogens is 418 g/mol. The number of carbonyl (C=O) groups excluding carboxylic acids is 1. The summed E-state index contributed by atoms with van der Waals surface area (Å²) < 4.78 is 0. The molecule has 0 spiro atoms. The zero-order valence-corrected chi connectivity index (χ0v) is 21.7. The van der Waals surface area contributed by atoms with Gasteiger partial charge >= 0.3 is 0 Å². The average Bonchev–Trinajstić information content (AvgIpc) is 2.83. The molecule has 2 bridgehead atoms. The van der Waals surface area contributed by atoms with Crippen LogP contribution in [-0.2, 0) is 5.41 Å². The second kappa shape index (κ2) is 10.1. The van der Waals surface area contributed by atoms with Crippen LogP contribution in [0.15, 0.2) is 35.9 Å². The summed E-state index contributed by atoms with van der Waals surface area (Å²) in [5.41, 5.74) is 3.92. The minimum absolute atomic E-state index is 0.0558. The molecule has 1 N–H and O–H groups in total. The lowest BCUT2D eigenvalue weighted by Gasteiger charge is -2.55. The van der Waals surface area contributed by atoms with Crippen molar-refractivity contribution in [2.75, 3.05) is 32.7 Å². The van der Waals surface area contributed by atoms with E-state index in [1.165, 1.54) is 70.3 Å². The number of rotatable bonds is 6. The topological polar surface area (TPSA) is 35.6 Å². The largest absolute Gasteiger partial charge is 0.352 e. The Morgan fingerprint density at radius 1 is 1.06 bits per heavy atom. The van der Waals surface area contributed by atoms with Gasteiger partial charge in [-0.15, -0.1) is 0 Å². The Morgan fingerprint density at radius 2 is 1.88 bits per heavy atom. The van der Waals surface area contributed by atoms with Crippen molar-refractivity contribution in [2.45, 2.75) is 89.6 Å². The molecule has 186 valence electrons. The summed E-state index contributed by atoms with van der Waals surface area (Å²) in [6.07, 6.45) is 13.2. The maximum Gasteiger partial charge on any atom is 0.251 e. The second-order valence-corrected chi connectivity index (χ2v) is 12.3. The molecule has 1 aromatic rings. The molecule has 4 nitrogen and oxygen atoms in total. The van der Waals surface area contributed by atoms with E-state index in [9.17, 15) is 4.79 Å². The van der Waals surface area contributed by atoms with E-state index in [2.05, 4.69) is 54.1 Å².